The zero-order chi connectivity index (χ0) is 12.5. The van der Waals surface area contributed by atoms with E-state index in [2.05, 4.69) is 48.3 Å². The van der Waals surface area contributed by atoms with Crippen LogP contribution in [-0.2, 0) is 0 Å². The van der Waals surface area contributed by atoms with E-state index in [4.69, 9.17) is 4.74 Å². The number of hydrogen-bond acceptors (Lipinski definition) is 3. The normalized spacial score (nSPS) is 10.8. The molecule has 0 atom stereocenters. The van der Waals surface area contributed by atoms with Crippen molar-refractivity contribution in [2.24, 2.45) is 0 Å². The molecule has 0 saturated carbocycles. The van der Waals surface area contributed by atoms with Gasteiger partial charge in [0.15, 0.2) is 0 Å². The zero-order valence-electron chi connectivity index (χ0n) is 10.3. The van der Waals surface area contributed by atoms with Gasteiger partial charge < -0.3 is 4.74 Å². The first-order valence-electron chi connectivity index (χ1n) is 5.76. The molecule has 2 nitrogen and oxygen atoms in total. The number of aryl methyl sites for hydroxylation is 1. The van der Waals surface area contributed by atoms with Crippen molar-refractivity contribution in [3.63, 3.8) is 0 Å². The minimum absolute atomic E-state index is 0.680. The molecular formula is C15H13NOS. The summed E-state index contributed by atoms with van der Waals surface area (Å²) in [6.45, 7) is 2.11. The van der Waals surface area contributed by atoms with Crippen molar-refractivity contribution in [3.8, 4) is 16.5 Å². The van der Waals surface area contributed by atoms with Gasteiger partial charge in [0.1, 0.15) is 5.01 Å². The van der Waals surface area contributed by atoms with Gasteiger partial charge in [0.05, 0.1) is 12.5 Å². The van der Waals surface area contributed by atoms with Gasteiger partial charge in [0, 0.05) is 5.56 Å². The van der Waals surface area contributed by atoms with Crippen molar-refractivity contribution in [3.05, 3.63) is 47.3 Å². The third kappa shape index (κ3) is 1.97. The topological polar surface area (TPSA) is 22.1 Å². The number of ether oxygens (including phenoxy) is 1. The minimum Gasteiger partial charge on any atom is -0.480 e. The number of fused-ring (bicyclic) bond motifs is 1. The molecule has 3 heteroatoms. The predicted octanol–water partition coefficient (Wildman–Crippen LogP) is 4.28. The molecule has 0 aliphatic rings. The molecule has 1 aromatic heterocycles. The Morgan fingerprint density at radius 2 is 1.83 bits per heavy atom. The lowest BCUT2D eigenvalue weighted by Crippen LogP contribution is -1.82. The van der Waals surface area contributed by atoms with Gasteiger partial charge in [0.2, 0.25) is 5.88 Å². The molecule has 0 bridgehead atoms. The summed E-state index contributed by atoms with van der Waals surface area (Å²) in [5.74, 6) is 0.680. The Bertz CT molecular complexity index is 703. The van der Waals surface area contributed by atoms with Gasteiger partial charge in [-0.1, -0.05) is 35.9 Å². The maximum absolute atomic E-state index is 5.12. The van der Waals surface area contributed by atoms with Crippen molar-refractivity contribution in [2.75, 3.05) is 7.11 Å². The summed E-state index contributed by atoms with van der Waals surface area (Å²) in [5.41, 5.74) is 2.42. The van der Waals surface area contributed by atoms with Crippen LogP contribution in [0.2, 0.25) is 0 Å². The summed E-state index contributed by atoms with van der Waals surface area (Å²) in [4.78, 5) is 4.42. The van der Waals surface area contributed by atoms with Crippen LogP contribution in [0.5, 0.6) is 5.88 Å². The zero-order valence-corrected chi connectivity index (χ0v) is 11.1. The van der Waals surface area contributed by atoms with E-state index < -0.39 is 0 Å². The molecule has 90 valence electrons. The van der Waals surface area contributed by atoms with Crippen molar-refractivity contribution in [2.45, 2.75) is 6.92 Å². The molecular weight excluding hydrogens is 242 g/mol. The highest BCUT2D eigenvalue weighted by Gasteiger charge is 2.05. The van der Waals surface area contributed by atoms with E-state index in [0.29, 0.717) is 5.88 Å². The van der Waals surface area contributed by atoms with Crippen LogP contribution in [0.25, 0.3) is 21.3 Å². The second-order valence-corrected chi connectivity index (χ2v) is 5.12. The summed E-state index contributed by atoms with van der Waals surface area (Å²) in [6.07, 6.45) is 0. The highest BCUT2D eigenvalue weighted by molar-refractivity contribution is 7.13. The molecule has 0 fully saturated rings. The first kappa shape index (κ1) is 11.2. The van der Waals surface area contributed by atoms with Crippen molar-refractivity contribution in [1.29, 1.82) is 0 Å². The Labute approximate surface area is 110 Å². The first-order valence-corrected chi connectivity index (χ1v) is 6.64. The van der Waals surface area contributed by atoms with Crippen molar-refractivity contribution in [1.82, 2.24) is 4.98 Å². The molecule has 0 aliphatic heterocycles. The third-order valence-electron chi connectivity index (χ3n) is 2.93. The summed E-state index contributed by atoms with van der Waals surface area (Å²) < 4.78 is 5.12. The van der Waals surface area contributed by atoms with E-state index in [1.54, 1.807) is 18.4 Å². The molecule has 0 N–H and O–H groups in total. The maximum Gasteiger partial charge on any atom is 0.224 e. The highest BCUT2D eigenvalue weighted by Crippen LogP contribution is 2.29. The van der Waals surface area contributed by atoms with Gasteiger partial charge in [0.25, 0.3) is 0 Å². The van der Waals surface area contributed by atoms with Crippen LogP contribution in [0, 0.1) is 6.92 Å². The van der Waals surface area contributed by atoms with Crippen LogP contribution < -0.4 is 4.74 Å². The standard InChI is InChI=1S/C15H13NOS/c1-10-3-4-12-8-13(6-5-11(12)7-10)15-16-14(17-2)9-18-15/h3-9H,1-2H3. The number of hydrogen-bond donors (Lipinski definition) is 0. The molecule has 0 unspecified atom stereocenters. The molecule has 2 aromatic carbocycles. The smallest absolute Gasteiger partial charge is 0.224 e. The van der Waals surface area contributed by atoms with E-state index in [0.717, 1.165) is 10.6 Å². The molecule has 0 saturated heterocycles. The summed E-state index contributed by atoms with van der Waals surface area (Å²) in [5, 5.41) is 5.43. The van der Waals surface area contributed by atoms with Gasteiger partial charge in [-0.05, 0) is 23.8 Å². The Morgan fingerprint density at radius 1 is 1.06 bits per heavy atom. The fourth-order valence-electron chi connectivity index (χ4n) is 1.98. The summed E-state index contributed by atoms with van der Waals surface area (Å²) in [6, 6.07) is 12.9. The molecule has 0 amide bonds. The Morgan fingerprint density at radius 3 is 2.61 bits per heavy atom. The fraction of sp³-hybridized carbons (Fsp3) is 0.133. The number of aromatic nitrogens is 1. The Balaban J connectivity index is 2.10. The van der Waals surface area contributed by atoms with Gasteiger partial charge >= 0.3 is 0 Å². The van der Waals surface area contributed by atoms with E-state index >= 15 is 0 Å². The second kappa shape index (κ2) is 4.42. The van der Waals surface area contributed by atoms with Gasteiger partial charge in [-0.2, -0.15) is 0 Å². The molecule has 3 aromatic rings. The Hall–Kier alpha value is -1.87. The largest absolute Gasteiger partial charge is 0.480 e. The number of nitrogens with zero attached hydrogens (tertiary/aromatic N) is 1. The predicted molar refractivity (Wildman–Crippen MR) is 76.3 cm³/mol. The lowest BCUT2D eigenvalue weighted by atomic mass is 10.1. The average molecular weight is 255 g/mol. The number of rotatable bonds is 2. The molecule has 18 heavy (non-hydrogen) atoms. The molecule has 0 spiro atoms. The van der Waals surface area contributed by atoms with E-state index in [1.807, 2.05) is 5.38 Å². The average Bonchev–Trinajstić information content (AvgIpc) is 2.87. The van der Waals surface area contributed by atoms with Crippen LogP contribution in [0.15, 0.2) is 41.8 Å². The second-order valence-electron chi connectivity index (χ2n) is 4.26. The van der Waals surface area contributed by atoms with Crippen LogP contribution in [0.3, 0.4) is 0 Å². The SMILES string of the molecule is COc1csc(-c2ccc3cc(C)ccc3c2)n1. The van der Waals surface area contributed by atoms with E-state index in [9.17, 15) is 0 Å². The van der Waals surface area contributed by atoms with Gasteiger partial charge in [-0.3, -0.25) is 0 Å². The van der Waals surface area contributed by atoms with Gasteiger partial charge in [-0.15, -0.1) is 11.3 Å². The number of methoxy groups -OCH3 is 1. The van der Waals surface area contributed by atoms with Crippen molar-refractivity contribution < 1.29 is 4.74 Å². The highest BCUT2D eigenvalue weighted by atomic mass is 32.1. The van der Waals surface area contributed by atoms with Crippen LogP contribution in [-0.4, -0.2) is 12.1 Å². The summed E-state index contributed by atoms with van der Waals surface area (Å²) >= 11 is 1.60. The van der Waals surface area contributed by atoms with Crippen molar-refractivity contribution >= 4 is 22.1 Å². The lowest BCUT2D eigenvalue weighted by molar-refractivity contribution is 0.401. The fourth-order valence-corrected chi connectivity index (χ4v) is 2.75. The quantitative estimate of drug-likeness (QED) is 0.682. The first-order chi connectivity index (χ1) is 8.76. The lowest BCUT2D eigenvalue weighted by Gasteiger charge is -2.02. The summed E-state index contributed by atoms with van der Waals surface area (Å²) in [7, 11) is 1.64. The monoisotopic (exact) mass is 255 g/mol. The number of benzene rings is 2. The van der Waals surface area contributed by atoms with Gasteiger partial charge in [-0.25, -0.2) is 4.98 Å². The molecule has 1 heterocycles. The van der Waals surface area contributed by atoms with Crippen LogP contribution >= 0.6 is 11.3 Å². The maximum atomic E-state index is 5.12. The molecule has 3 rings (SSSR count). The minimum atomic E-state index is 0.680. The van der Waals surface area contributed by atoms with Crippen LogP contribution in [0.4, 0.5) is 0 Å². The van der Waals surface area contributed by atoms with E-state index in [-0.39, 0.29) is 0 Å². The third-order valence-corrected chi connectivity index (χ3v) is 3.80. The molecule has 0 aliphatic carbocycles. The number of thiazole rings is 1. The molecule has 0 radical (unpaired) electrons. The Kier molecular flexibility index (Phi) is 2.76. The van der Waals surface area contributed by atoms with E-state index in [1.165, 1.54) is 16.3 Å². The van der Waals surface area contributed by atoms with Crippen LogP contribution in [0.1, 0.15) is 5.56 Å².